The summed E-state index contributed by atoms with van der Waals surface area (Å²) in [6.45, 7) is 8.75. The molecule has 22 heavy (non-hydrogen) atoms. The zero-order valence-corrected chi connectivity index (χ0v) is 15.2. The van der Waals surface area contributed by atoms with E-state index in [-0.39, 0.29) is 0 Å². The van der Waals surface area contributed by atoms with Crippen LogP contribution in [0.5, 0.6) is 0 Å². The third kappa shape index (κ3) is 4.87. The van der Waals surface area contributed by atoms with Gasteiger partial charge in [0.25, 0.3) is 0 Å². The number of nitrogens with zero attached hydrogens (tertiary/aromatic N) is 1. The van der Waals surface area contributed by atoms with Crippen LogP contribution in [0.25, 0.3) is 0 Å². The maximum absolute atomic E-state index is 5.98. The van der Waals surface area contributed by atoms with Crippen molar-refractivity contribution in [2.75, 3.05) is 0 Å². The molecule has 0 saturated heterocycles. The molecule has 0 bridgehead atoms. The fraction of sp³-hybridized carbons (Fsp3) is 0.211. The lowest BCUT2D eigenvalue weighted by Crippen LogP contribution is -2.17. The van der Waals surface area contributed by atoms with Crippen molar-refractivity contribution in [2.45, 2.75) is 26.6 Å². The Balaban J connectivity index is 2.52. The van der Waals surface area contributed by atoms with Gasteiger partial charge in [-0.3, -0.25) is 0 Å². The summed E-state index contributed by atoms with van der Waals surface area (Å²) in [5.41, 5.74) is 7.30. The van der Waals surface area contributed by atoms with Gasteiger partial charge in [0.05, 0.1) is 5.69 Å². The molecule has 0 atom stereocenters. The van der Waals surface area contributed by atoms with E-state index in [9.17, 15) is 0 Å². The average Bonchev–Trinajstić information content (AvgIpc) is 2.45. The lowest BCUT2D eigenvalue weighted by Gasteiger charge is -2.06. The Morgan fingerprint density at radius 3 is 2.23 bits per heavy atom. The minimum atomic E-state index is -1.46. The van der Waals surface area contributed by atoms with Crippen molar-refractivity contribution >= 4 is 31.1 Å². The Morgan fingerprint density at radius 1 is 1.00 bits per heavy atom. The summed E-state index contributed by atoms with van der Waals surface area (Å²) in [6, 6.07) is 15.8. The van der Waals surface area contributed by atoms with Crippen LogP contribution in [0, 0.1) is 18.4 Å². The molecule has 0 aliphatic heterocycles. The average molecular weight is 326 g/mol. The van der Waals surface area contributed by atoms with E-state index in [1.807, 2.05) is 42.5 Å². The van der Waals surface area contributed by atoms with Crippen LogP contribution < -0.4 is 0 Å². The van der Waals surface area contributed by atoms with Crippen molar-refractivity contribution in [3.63, 3.8) is 0 Å². The third-order valence-electron chi connectivity index (χ3n) is 3.02. The van der Waals surface area contributed by atoms with Gasteiger partial charge in [-0.25, -0.2) is 4.99 Å². The normalized spacial score (nSPS) is 11.8. The predicted molar refractivity (Wildman–Crippen MR) is 100.0 cm³/mol. The molecule has 0 unspecified atom stereocenters. The summed E-state index contributed by atoms with van der Waals surface area (Å²) in [4.78, 5) is 4.78. The lowest BCUT2D eigenvalue weighted by molar-refractivity contribution is 1.40. The summed E-state index contributed by atoms with van der Waals surface area (Å²) in [7, 11) is -1.46. The highest BCUT2D eigenvalue weighted by molar-refractivity contribution is 6.84. The van der Waals surface area contributed by atoms with Crippen molar-refractivity contribution in [2.24, 2.45) is 4.99 Å². The lowest BCUT2D eigenvalue weighted by atomic mass is 10.1. The zero-order chi connectivity index (χ0) is 16.2. The summed E-state index contributed by atoms with van der Waals surface area (Å²) < 4.78 is 0. The van der Waals surface area contributed by atoms with Crippen LogP contribution >= 0.6 is 11.6 Å². The van der Waals surface area contributed by atoms with Gasteiger partial charge in [-0.2, -0.15) is 0 Å². The Labute approximate surface area is 139 Å². The van der Waals surface area contributed by atoms with E-state index in [2.05, 4.69) is 44.1 Å². The van der Waals surface area contributed by atoms with Crippen LogP contribution in [-0.4, -0.2) is 13.8 Å². The molecule has 0 aromatic heterocycles. The van der Waals surface area contributed by atoms with Crippen LogP contribution in [0.2, 0.25) is 24.7 Å². The molecule has 0 aliphatic rings. The number of halogens is 1. The first-order chi connectivity index (χ1) is 10.3. The second kappa shape index (κ2) is 6.96. The molecule has 0 saturated carbocycles. The topological polar surface area (TPSA) is 12.4 Å². The highest BCUT2D eigenvalue weighted by Crippen LogP contribution is 2.19. The number of benzene rings is 2. The summed E-state index contributed by atoms with van der Waals surface area (Å²) >= 11 is 5.98. The maximum Gasteiger partial charge on any atom is 0.129 e. The highest BCUT2D eigenvalue weighted by Gasteiger charge is 2.09. The molecule has 0 aliphatic carbocycles. The number of para-hydroxylation sites is 1. The fourth-order valence-electron chi connectivity index (χ4n) is 1.83. The monoisotopic (exact) mass is 325 g/mol. The minimum absolute atomic E-state index is 0.720. The van der Waals surface area contributed by atoms with Gasteiger partial charge in [0.15, 0.2) is 0 Å². The quantitative estimate of drug-likeness (QED) is 0.384. The predicted octanol–water partition coefficient (Wildman–Crippen LogP) is 5.65. The Bertz CT molecular complexity index is 743. The van der Waals surface area contributed by atoms with E-state index in [1.54, 1.807) is 0 Å². The van der Waals surface area contributed by atoms with E-state index in [1.165, 1.54) is 0 Å². The van der Waals surface area contributed by atoms with E-state index in [0.29, 0.717) is 0 Å². The molecular weight excluding hydrogens is 306 g/mol. The molecule has 0 radical (unpaired) electrons. The number of rotatable bonds is 2. The van der Waals surface area contributed by atoms with Crippen LogP contribution in [0.1, 0.15) is 11.1 Å². The van der Waals surface area contributed by atoms with Gasteiger partial charge in [0.2, 0.25) is 0 Å². The molecule has 0 fully saturated rings. The molecular formula is C19H20ClNSi. The van der Waals surface area contributed by atoms with Gasteiger partial charge in [0.1, 0.15) is 13.8 Å². The van der Waals surface area contributed by atoms with E-state index in [0.717, 1.165) is 27.5 Å². The fourth-order valence-corrected chi connectivity index (χ4v) is 2.45. The van der Waals surface area contributed by atoms with Crippen molar-refractivity contribution in [3.05, 3.63) is 64.7 Å². The van der Waals surface area contributed by atoms with Crippen molar-refractivity contribution in [3.8, 4) is 11.5 Å². The summed E-state index contributed by atoms with van der Waals surface area (Å²) in [5.74, 6) is 3.29. The maximum atomic E-state index is 5.98. The summed E-state index contributed by atoms with van der Waals surface area (Å²) in [5, 5.41) is 0.720. The van der Waals surface area contributed by atoms with E-state index in [4.69, 9.17) is 16.6 Å². The standard InChI is InChI=1S/C19H20ClNSi/c1-15-7-5-6-8-18(15)21-19(13-14-22(2,3)4)16-9-11-17(20)12-10-16/h5-12H,1-4H3. The first-order valence-corrected chi connectivity index (χ1v) is 11.2. The Morgan fingerprint density at radius 2 is 1.64 bits per heavy atom. The van der Waals surface area contributed by atoms with Crippen LogP contribution in [0.4, 0.5) is 5.69 Å². The minimum Gasteiger partial charge on any atom is -0.239 e. The molecule has 2 aromatic rings. The second-order valence-corrected chi connectivity index (χ2v) is 11.4. The number of aliphatic imine (C=N–C) groups is 1. The Hall–Kier alpha value is -1.82. The molecule has 112 valence electrons. The molecule has 0 spiro atoms. The van der Waals surface area contributed by atoms with Gasteiger partial charge < -0.3 is 0 Å². The van der Waals surface area contributed by atoms with Crippen LogP contribution in [0.3, 0.4) is 0 Å². The van der Waals surface area contributed by atoms with Crippen LogP contribution in [0.15, 0.2) is 53.5 Å². The van der Waals surface area contributed by atoms with Gasteiger partial charge in [0, 0.05) is 10.6 Å². The number of aryl methyl sites for hydroxylation is 1. The highest BCUT2D eigenvalue weighted by atomic mass is 35.5. The van der Waals surface area contributed by atoms with Crippen molar-refractivity contribution < 1.29 is 0 Å². The van der Waals surface area contributed by atoms with Gasteiger partial charge in [-0.1, -0.05) is 67.5 Å². The molecule has 3 heteroatoms. The molecule has 2 aromatic carbocycles. The van der Waals surface area contributed by atoms with Gasteiger partial charge in [-0.15, -0.1) is 5.54 Å². The largest absolute Gasteiger partial charge is 0.239 e. The van der Waals surface area contributed by atoms with Crippen molar-refractivity contribution in [1.29, 1.82) is 0 Å². The SMILES string of the molecule is Cc1ccccc1N=C(C#C[Si](C)(C)C)c1ccc(Cl)cc1. The van der Waals surface area contributed by atoms with E-state index >= 15 is 0 Å². The molecule has 1 nitrogen and oxygen atoms in total. The molecule has 0 N–H and O–H groups in total. The van der Waals surface area contributed by atoms with Crippen LogP contribution in [-0.2, 0) is 0 Å². The third-order valence-corrected chi connectivity index (χ3v) is 4.15. The van der Waals surface area contributed by atoms with Gasteiger partial charge >= 0.3 is 0 Å². The summed E-state index contributed by atoms with van der Waals surface area (Å²) in [6.07, 6.45) is 0. The Kier molecular flexibility index (Phi) is 5.23. The van der Waals surface area contributed by atoms with Crippen molar-refractivity contribution in [1.82, 2.24) is 0 Å². The molecule has 0 heterocycles. The van der Waals surface area contributed by atoms with E-state index < -0.39 is 8.07 Å². The molecule has 2 rings (SSSR count). The smallest absolute Gasteiger partial charge is 0.129 e. The van der Waals surface area contributed by atoms with Gasteiger partial charge in [-0.05, 0) is 30.7 Å². The number of hydrogen-bond donors (Lipinski definition) is 0. The first-order valence-electron chi connectivity index (χ1n) is 7.28. The second-order valence-electron chi connectivity index (χ2n) is 6.25. The first kappa shape index (κ1) is 16.5. The zero-order valence-electron chi connectivity index (χ0n) is 13.4. The number of hydrogen-bond acceptors (Lipinski definition) is 1. The molecule has 0 amide bonds.